The topological polar surface area (TPSA) is 103 Å². The smallest absolute Gasteiger partial charge is 0.230 e. The molecule has 0 spiro atoms. The summed E-state index contributed by atoms with van der Waals surface area (Å²) in [6, 6.07) is 12.3. The van der Waals surface area contributed by atoms with Crippen molar-refractivity contribution in [2.24, 2.45) is 0 Å². The first-order valence-electron chi connectivity index (χ1n) is 11.1. The quantitative estimate of drug-likeness (QED) is 0.412. The van der Waals surface area contributed by atoms with Crippen LogP contribution in [0.25, 0.3) is 0 Å². The SMILES string of the molecule is O=C(CCc1nc(CC(=O)Nc2ccc(N3CCCC3)cc2)cs1)Cc1ccc(O)c(O)c1. The minimum Gasteiger partial charge on any atom is -0.504 e. The molecule has 8 heteroatoms. The first kappa shape index (κ1) is 22.8. The van der Waals surface area contributed by atoms with Crippen LogP contribution in [0.5, 0.6) is 11.5 Å². The highest BCUT2D eigenvalue weighted by atomic mass is 32.1. The lowest BCUT2D eigenvalue weighted by Gasteiger charge is -2.17. The third kappa shape index (κ3) is 6.32. The van der Waals surface area contributed by atoms with E-state index in [9.17, 15) is 19.8 Å². The van der Waals surface area contributed by atoms with Crippen molar-refractivity contribution in [3.63, 3.8) is 0 Å². The van der Waals surface area contributed by atoms with E-state index in [0.29, 0.717) is 24.1 Å². The molecule has 0 bridgehead atoms. The van der Waals surface area contributed by atoms with Crippen LogP contribution in [0.2, 0.25) is 0 Å². The molecule has 1 amide bonds. The summed E-state index contributed by atoms with van der Waals surface area (Å²) in [5, 5.41) is 24.5. The third-order valence-electron chi connectivity index (χ3n) is 5.62. The highest BCUT2D eigenvalue weighted by molar-refractivity contribution is 7.09. The molecule has 0 radical (unpaired) electrons. The number of aryl methyl sites for hydroxylation is 1. The van der Waals surface area contributed by atoms with E-state index >= 15 is 0 Å². The van der Waals surface area contributed by atoms with Gasteiger partial charge in [-0.3, -0.25) is 9.59 Å². The van der Waals surface area contributed by atoms with E-state index in [2.05, 4.69) is 15.2 Å². The number of nitrogens with one attached hydrogen (secondary N) is 1. The molecule has 2 heterocycles. The Morgan fingerprint density at radius 1 is 1.00 bits per heavy atom. The maximum absolute atomic E-state index is 12.4. The lowest BCUT2D eigenvalue weighted by molar-refractivity contribution is -0.118. The number of aromatic nitrogens is 1. The van der Waals surface area contributed by atoms with E-state index in [1.807, 2.05) is 29.6 Å². The Kier molecular flexibility index (Phi) is 7.24. The molecule has 0 unspecified atom stereocenters. The molecule has 3 N–H and O–H groups in total. The van der Waals surface area contributed by atoms with Gasteiger partial charge in [-0.05, 0) is 54.8 Å². The zero-order valence-corrected chi connectivity index (χ0v) is 19.1. The molecule has 1 aliphatic rings. The standard InChI is InChI=1S/C25H27N3O4S/c29-21(13-17-3-9-22(30)23(31)14-17)8-10-25-27-19(16-33-25)15-24(32)26-18-4-6-20(7-5-18)28-11-1-2-12-28/h3-7,9,14,16,30-31H,1-2,8,10-13,15H2,(H,26,32). The van der Waals surface area contributed by atoms with Crippen LogP contribution in [0.15, 0.2) is 47.8 Å². The lowest BCUT2D eigenvalue weighted by Crippen LogP contribution is -2.18. The van der Waals surface area contributed by atoms with Gasteiger partial charge >= 0.3 is 0 Å². The first-order chi connectivity index (χ1) is 16.0. The maximum Gasteiger partial charge on any atom is 0.230 e. The molecule has 0 saturated carbocycles. The number of rotatable bonds is 9. The van der Waals surface area contributed by atoms with E-state index in [1.165, 1.54) is 42.0 Å². The normalized spacial score (nSPS) is 13.3. The summed E-state index contributed by atoms with van der Waals surface area (Å²) in [5.74, 6) is -0.536. The first-order valence-corrected chi connectivity index (χ1v) is 11.9. The highest BCUT2D eigenvalue weighted by Crippen LogP contribution is 2.25. The van der Waals surface area contributed by atoms with Gasteiger partial charge in [-0.2, -0.15) is 0 Å². The molecule has 7 nitrogen and oxygen atoms in total. The van der Waals surface area contributed by atoms with Crippen molar-refractivity contribution >= 4 is 34.4 Å². The van der Waals surface area contributed by atoms with E-state index in [4.69, 9.17) is 0 Å². The fraction of sp³-hybridized carbons (Fsp3) is 0.320. The zero-order valence-electron chi connectivity index (χ0n) is 18.3. The van der Waals surface area contributed by atoms with Crippen molar-refractivity contribution < 1.29 is 19.8 Å². The third-order valence-corrected chi connectivity index (χ3v) is 6.58. The van der Waals surface area contributed by atoms with Crippen molar-refractivity contribution in [3.05, 3.63) is 64.1 Å². The molecule has 0 aliphatic carbocycles. The van der Waals surface area contributed by atoms with E-state index in [0.717, 1.165) is 23.8 Å². The van der Waals surface area contributed by atoms with Gasteiger partial charge in [0.25, 0.3) is 0 Å². The number of amides is 1. The second-order valence-electron chi connectivity index (χ2n) is 8.24. The Labute approximate surface area is 196 Å². The van der Waals surface area contributed by atoms with Gasteiger partial charge in [0.2, 0.25) is 5.91 Å². The van der Waals surface area contributed by atoms with Crippen LogP contribution in [-0.4, -0.2) is 40.0 Å². The van der Waals surface area contributed by atoms with Gasteiger partial charge in [0.15, 0.2) is 11.5 Å². The number of benzene rings is 2. The molecular formula is C25H27N3O4S. The maximum atomic E-state index is 12.4. The molecule has 4 rings (SSSR count). The Bertz CT molecular complexity index is 1120. The van der Waals surface area contributed by atoms with Gasteiger partial charge in [0.1, 0.15) is 5.78 Å². The summed E-state index contributed by atoms with van der Waals surface area (Å²) >= 11 is 1.44. The van der Waals surface area contributed by atoms with Crippen molar-refractivity contribution in [3.8, 4) is 11.5 Å². The summed E-state index contributed by atoms with van der Waals surface area (Å²) in [6.07, 6.45) is 3.66. The number of hydrogen-bond donors (Lipinski definition) is 3. The number of carbonyl (C=O) groups is 2. The van der Waals surface area contributed by atoms with Gasteiger partial charge in [-0.1, -0.05) is 6.07 Å². The largest absolute Gasteiger partial charge is 0.504 e. The number of phenolic OH excluding ortho intramolecular Hbond substituents is 2. The molecule has 3 aromatic rings. The van der Waals surface area contributed by atoms with Gasteiger partial charge in [0.05, 0.1) is 17.1 Å². The molecular weight excluding hydrogens is 438 g/mol. The van der Waals surface area contributed by atoms with Crippen LogP contribution in [0.4, 0.5) is 11.4 Å². The molecule has 1 aromatic heterocycles. The average molecular weight is 466 g/mol. The van der Waals surface area contributed by atoms with Crippen LogP contribution in [0.3, 0.4) is 0 Å². The second-order valence-corrected chi connectivity index (χ2v) is 9.18. The minimum atomic E-state index is -0.231. The molecule has 1 fully saturated rings. The fourth-order valence-electron chi connectivity index (χ4n) is 3.89. The Morgan fingerprint density at radius 3 is 2.48 bits per heavy atom. The monoisotopic (exact) mass is 465 g/mol. The zero-order chi connectivity index (χ0) is 23.2. The van der Waals surface area contributed by atoms with E-state index in [1.54, 1.807) is 6.07 Å². The van der Waals surface area contributed by atoms with Gasteiger partial charge in [-0.25, -0.2) is 4.98 Å². The Balaban J connectivity index is 1.23. The van der Waals surface area contributed by atoms with Crippen LogP contribution in [-0.2, 0) is 28.9 Å². The highest BCUT2D eigenvalue weighted by Gasteiger charge is 2.13. The average Bonchev–Trinajstić information content (AvgIpc) is 3.48. The van der Waals surface area contributed by atoms with Crippen molar-refractivity contribution in [1.82, 2.24) is 4.98 Å². The van der Waals surface area contributed by atoms with E-state index < -0.39 is 0 Å². The summed E-state index contributed by atoms with van der Waals surface area (Å²) in [7, 11) is 0. The Hall–Kier alpha value is -3.39. The number of phenols is 2. The van der Waals surface area contributed by atoms with E-state index in [-0.39, 0.29) is 36.0 Å². The molecule has 172 valence electrons. The number of carbonyl (C=O) groups excluding carboxylic acids is 2. The summed E-state index contributed by atoms with van der Waals surface area (Å²) in [4.78, 5) is 31.5. The Morgan fingerprint density at radius 2 is 1.76 bits per heavy atom. The number of hydrogen-bond acceptors (Lipinski definition) is 7. The van der Waals surface area contributed by atoms with Gasteiger partial charge < -0.3 is 20.4 Å². The van der Waals surface area contributed by atoms with Crippen LogP contribution in [0, 0.1) is 0 Å². The van der Waals surface area contributed by atoms with Crippen LogP contribution in [0.1, 0.15) is 35.5 Å². The predicted octanol–water partition coefficient (Wildman–Crippen LogP) is 4.08. The van der Waals surface area contributed by atoms with Crippen LogP contribution < -0.4 is 10.2 Å². The molecule has 2 aromatic carbocycles. The summed E-state index contributed by atoms with van der Waals surface area (Å²) in [5.41, 5.74) is 3.30. The lowest BCUT2D eigenvalue weighted by atomic mass is 10.1. The predicted molar refractivity (Wildman–Crippen MR) is 129 cm³/mol. The number of Topliss-reactive ketones (excluding diaryl/α,β-unsaturated/α-hetero) is 1. The molecule has 0 atom stereocenters. The van der Waals surface area contributed by atoms with Crippen molar-refractivity contribution in [1.29, 1.82) is 0 Å². The fourth-order valence-corrected chi connectivity index (χ4v) is 4.68. The van der Waals surface area contributed by atoms with Gasteiger partial charge in [-0.15, -0.1) is 11.3 Å². The minimum absolute atomic E-state index is 0.0203. The number of thiazole rings is 1. The summed E-state index contributed by atoms with van der Waals surface area (Å²) < 4.78 is 0. The number of nitrogens with zero attached hydrogens (tertiary/aromatic N) is 2. The second kappa shape index (κ2) is 10.5. The number of ketones is 1. The number of anilines is 2. The molecule has 1 saturated heterocycles. The van der Waals surface area contributed by atoms with Gasteiger partial charge in [0, 0.05) is 49.1 Å². The van der Waals surface area contributed by atoms with Crippen molar-refractivity contribution in [2.45, 2.75) is 38.5 Å². The number of aromatic hydroxyl groups is 2. The molecule has 33 heavy (non-hydrogen) atoms. The summed E-state index contributed by atoms with van der Waals surface area (Å²) in [6.45, 7) is 2.17. The molecule has 1 aliphatic heterocycles. The van der Waals surface area contributed by atoms with Crippen LogP contribution >= 0.6 is 11.3 Å². The van der Waals surface area contributed by atoms with Crippen molar-refractivity contribution in [2.75, 3.05) is 23.3 Å².